The SMILES string of the molecule is CCOC(=O)c1cccc(N=C2SC(=Cc3cc(Cl)ccc3OCc3cccc(Cl)c3)C(=O)N2C)c1. The molecule has 0 aromatic heterocycles. The summed E-state index contributed by atoms with van der Waals surface area (Å²) >= 11 is 13.5. The lowest BCUT2D eigenvalue weighted by Gasteiger charge is -2.10. The Hall–Kier alpha value is -3.26. The van der Waals surface area contributed by atoms with Gasteiger partial charge in [-0.15, -0.1) is 0 Å². The van der Waals surface area contributed by atoms with E-state index in [4.69, 9.17) is 32.7 Å². The molecule has 0 radical (unpaired) electrons. The van der Waals surface area contributed by atoms with Crippen LogP contribution < -0.4 is 4.74 Å². The molecule has 0 N–H and O–H groups in total. The van der Waals surface area contributed by atoms with Crippen LogP contribution in [0.2, 0.25) is 10.0 Å². The van der Waals surface area contributed by atoms with Crippen molar-refractivity contribution in [3.8, 4) is 5.75 Å². The third kappa shape index (κ3) is 6.29. The first-order valence-electron chi connectivity index (χ1n) is 11.0. The van der Waals surface area contributed by atoms with Gasteiger partial charge in [0.15, 0.2) is 5.17 Å². The van der Waals surface area contributed by atoms with E-state index in [1.54, 1.807) is 68.6 Å². The van der Waals surface area contributed by atoms with E-state index >= 15 is 0 Å². The van der Waals surface area contributed by atoms with Crippen molar-refractivity contribution in [3.63, 3.8) is 0 Å². The van der Waals surface area contributed by atoms with Gasteiger partial charge in [-0.05, 0) is 78.9 Å². The highest BCUT2D eigenvalue weighted by molar-refractivity contribution is 8.18. The van der Waals surface area contributed by atoms with Crippen molar-refractivity contribution in [3.05, 3.63) is 98.4 Å². The summed E-state index contributed by atoms with van der Waals surface area (Å²) in [5.74, 6) is -0.0496. The van der Waals surface area contributed by atoms with E-state index in [1.165, 1.54) is 16.7 Å². The third-order valence-electron chi connectivity index (χ3n) is 5.13. The molecule has 184 valence electrons. The van der Waals surface area contributed by atoms with Gasteiger partial charge in [0.2, 0.25) is 0 Å². The van der Waals surface area contributed by atoms with Gasteiger partial charge in [0.25, 0.3) is 5.91 Å². The molecule has 1 aliphatic heterocycles. The zero-order valence-corrected chi connectivity index (χ0v) is 21.9. The Morgan fingerprint density at radius 1 is 1.06 bits per heavy atom. The van der Waals surface area contributed by atoms with Crippen LogP contribution in [-0.2, 0) is 16.1 Å². The average molecular weight is 541 g/mol. The number of hydrogen-bond acceptors (Lipinski definition) is 6. The molecule has 36 heavy (non-hydrogen) atoms. The monoisotopic (exact) mass is 540 g/mol. The smallest absolute Gasteiger partial charge is 0.338 e. The molecule has 4 rings (SSSR count). The summed E-state index contributed by atoms with van der Waals surface area (Å²) in [5.41, 5.74) is 2.52. The van der Waals surface area contributed by atoms with Crippen LogP contribution in [0.15, 0.2) is 76.6 Å². The minimum atomic E-state index is -0.421. The molecule has 0 saturated carbocycles. The van der Waals surface area contributed by atoms with Gasteiger partial charge in [0, 0.05) is 22.7 Å². The minimum Gasteiger partial charge on any atom is -0.488 e. The number of benzene rings is 3. The topological polar surface area (TPSA) is 68.2 Å². The Morgan fingerprint density at radius 2 is 1.83 bits per heavy atom. The van der Waals surface area contributed by atoms with Crippen LogP contribution in [0.25, 0.3) is 6.08 Å². The highest BCUT2D eigenvalue weighted by Crippen LogP contribution is 2.35. The number of ether oxygens (including phenoxy) is 2. The number of aliphatic imine (C=N–C) groups is 1. The number of likely N-dealkylation sites (N-methyl/N-ethyl adjacent to an activating group) is 1. The summed E-state index contributed by atoms with van der Waals surface area (Å²) in [7, 11) is 1.65. The number of nitrogens with zero attached hydrogens (tertiary/aromatic N) is 2. The van der Waals surface area contributed by atoms with Crippen LogP contribution in [0.5, 0.6) is 5.75 Å². The fourth-order valence-corrected chi connectivity index (χ4v) is 4.74. The molecule has 1 aliphatic rings. The lowest BCUT2D eigenvalue weighted by Crippen LogP contribution is -2.23. The molecule has 1 fully saturated rings. The number of carbonyl (C=O) groups is 2. The van der Waals surface area contributed by atoms with Crippen LogP contribution in [0.1, 0.15) is 28.4 Å². The molecule has 6 nitrogen and oxygen atoms in total. The van der Waals surface area contributed by atoms with Crippen molar-refractivity contribution in [1.29, 1.82) is 0 Å². The van der Waals surface area contributed by atoms with Crippen LogP contribution in [0, 0.1) is 0 Å². The molecule has 0 aliphatic carbocycles. The average Bonchev–Trinajstić information content (AvgIpc) is 3.11. The largest absolute Gasteiger partial charge is 0.488 e. The van der Waals surface area contributed by atoms with Gasteiger partial charge in [0.05, 0.1) is 22.8 Å². The lowest BCUT2D eigenvalue weighted by molar-refractivity contribution is -0.121. The minimum absolute atomic E-state index is 0.207. The zero-order valence-electron chi connectivity index (χ0n) is 19.5. The van der Waals surface area contributed by atoms with Crippen molar-refractivity contribution >= 4 is 63.8 Å². The van der Waals surface area contributed by atoms with Gasteiger partial charge >= 0.3 is 5.97 Å². The highest BCUT2D eigenvalue weighted by atomic mass is 35.5. The highest BCUT2D eigenvalue weighted by Gasteiger charge is 2.30. The van der Waals surface area contributed by atoms with Crippen LogP contribution in [0.4, 0.5) is 5.69 Å². The number of carbonyl (C=O) groups excluding carboxylic acids is 2. The first-order chi connectivity index (χ1) is 17.3. The summed E-state index contributed by atoms with van der Waals surface area (Å²) in [5, 5.41) is 1.63. The fourth-order valence-electron chi connectivity index (χ4n) is 3.37. The van der Waals surface area contributed by atoms with Gasteiger partial charge in [-0.3, -0.25) is 9.69 Å². The molecule has 3 aromatic rings. The molecule has 9 heteroatoms. The van der Waals surface area contributed by atoms with E-state index in [2.05, 4.69) is 4.99 Å². The van der Waals surface area contributed by atoms with Gasteiger partial charge < -0.3 is 9.47 Å². The Bertz CT molecular complexity index is 1370. The summed E-state index contributed by atoms with van der Waals surface area (Å²) in [6.45, 7) is 2.34. The molecule has 1 saturated heterocycles. The Balaban J connectivity index is 1.58. The predicted molar refractivity (Wildman–Crippen MR) is 145 cm³/mol. The number of amidine groups is 1. The van der Waals surface area contributed by atoms with Gasteiger partial charge in [-0.25, -0.2) is 9.79 Å². The molecule has 0 atom stereocenters. The lowest BCUT2D eigenvalue weighted by atomic mass is 10.1. The van der Waals surface area contributed by atoms with Crippen molar-refractivity contribution < 1.29 is 19.1 Å². The molecule has 0 spiro atoms. The first kappa shape index (κ1) is 25.8. The molecular weight excluding hydrogens is 519 g/mol. The van der Waals surface area contributed by atoms with E-state index in [-0.39, 0.29) is 12.5 Å². The van der Waals surface area contributed by atoms with Crippen LogP contribution in [-0.4, -0.2) is 35.6 Å². The Kier molecular flexibility index (Phi) is 8.36. The van der Waals surface area contributed by atoms with E-state index < -0.39 is 5.97 Å². The van der Waals surface area contributed by atoms with E-state index in [0.29, 0.717) is 49.3 Å². The number of thioether (sulfide) groups is 1. The molecule has 0 bridgehead atoms. The normalized spacial score (nSPS) is 15.6. The molecule has 3 aromatic carbocycles. The van der Waals surface area contributed by atoms with Gasteiger partial charge in [0.1, 0.15) is 12.4 Å². The maximum absolute atomic E-state index is 13.0. The molecule has 0 unspecified atom stereocenters. The van der Waals surface area contributed by atoms with Crippen molar-refractivity contribution in [2.75, 3.05) is 13.7 Å². The van der Waals surface area contributed by atoms with Crippen molar-refractivity contribution in [1.82, 2.24) is 4.90 Å². The summed E-state index contributed by atoms with van der Waals surface area (Å²) in [4.78, 5) is 31.5. The standard InChI is InChI=1S/C27H22Cl2N2O4S/c1-3-34-26(33)18-7-5-9-22(14-18)30-27-31(2)25(32)24(36-27)15-19-13-21(29)10-11-23(19)35-16-17-6-4-8-20(28)12-17/h4-15H,3,16H2,1-2H3. The quantitative estimate of drug-likeness (QED) is 0.238. The van der Waals surface area contributed by atoms with Crippen molar-refractivity contribution in [2.45, 2.75) is 13.5 Å². The summed E-state index contributed by atoms with van der Waals surface area (Å²) in [6.07, 6.45) is 1.74. The maximum Gasteiger partial charge on any atom is 0.338 e. The predicted octanol–water partition coefficient (Wildman–Crippen LogP) is 6.98. The second-order valence-corrected chi connectivity index (χ2v) is 9.62. The third-order valence-corrected chi connectivity index (χ3v) is 6.66. The molecule has 1 heterocycles. The number of esters is 1. The van der Waals surface area contributed by atoms with E-state index in [9.17, 15) is 9.59 Å². The second kappa shape index (κ2) is 11.6. The molecule has 1 amide bonds. The first-order valence-corrected chi connectivity index (χ1v) is 12.6. The van der Waals surface area contributed by atoms with Gasteiger partial charge in [-0.1, -0.05) is 41.4 Å². The number of rotatable bonds is 7. The number of amides is 1. The Labute approximate surface area is 223 Å². The maximum atomic E-state index is 13.0. The fraction of sp³-hybridized carbons (Fsp3) is 0.148. The van der Waals surface area contributed by atoms with E-state index in [0.717, 1.165) is 5.56 Å². The second-order valence-electron chi connectivity index (χ2n) is 7.74. The zero-order chi connectivity index (χ0) is 25.7. The number of halogens is 2. The summed E-state index contributed by atoms with van der Waals surface area (Å²) < 4.78 is 11.1. The van der Waals surface area contributed by atoms with Crippen LogP contribution >= 0.6 is 35.0 Å². The Morgan fingerprint density at radius 3 is 2.61 bits per heavy atom. The van der Waals surface area contributed by atoms with Crippen LogP contribution in [0.3, 0.4) is 0 Å². The van der Waals surface area contributed by atoms with Crippen molar-refractivity contribution in [2.24, 2.45) is 4.99 Å². The number of hydrogen-bond donors (Lipinski definition) is 0. The van der Waals surface area contributed by atoms with Gasteiger partial charge in [-0.2, -0.15) is 0 Å². The molecular formula is C27H22Cl2N2O4S. The van der Waals surface area contributed by atoms with E-state index in [1.807, 2.05) is 18.2 Å². The summed E-state index contributed by atoms with van der Waals surface area (Å²) in [6, 6.07) is 19.4.